The number of fused-ring (bicyclic) bond motifs is 1. The van der Waals surface area contributed by atoms with E-state index in [2.05, 4.69) is 47.1 Å². The van der Waals surface area contributed by atoms with Crippen LogP contribution < -0.4 is 4.74 Å². The van der Waals surface area contributed by atoms with E-state index in [0.29, 0.717) is 0 Å². The normalized spacial score (nSPS) is 18.8. The molecule has 0 heterocycles. The van der Waals surface area contributed by atoms with Crippen LogP contribution in [-0.2, 0) is 0 Å². The lowest BCUT2D eigenvalue weighted by Gasteiger charge is -2.40. The van der Waals surface area contributed by atoms with Gasteiger partial charge in [0.2, 0.25) is 0 Å². The quantitative estimate of drug-likeness (QED) is 0.593. The Balaban J connectivity index is 1.48. The lowest BCUT2D eigenvalue weighted by molar-refractivity contribution is 0.0961. The molecule has 0 N–H and O–H groups in total. The number of ether oxygens (including phenoxy) is 1. The van der Waals surface area contributed by atoms with Gasteiger partial charge in [-0.1, -0.05) is 62.5 Å². The molecule has 0 aromatic heterocycles. The molecule has 2 aliphatic rings. The molecular weight excluding hydrogens is 342 g/mol. The first kappa shape index (κ1) is 19.3. The zero-order chi connectivity index (χ0) is 19.2. The zero-order valence-corrected chi connectivity index (χ0v) is 17.3. The van der Waals surface area contributed by atoms with E-state index < -0.39 is 0 Å². The van der Waals surface area contributed by atoms with E-state index >= 15 is 0 Å². The highest BCUT2D eigenvalue weighted by Gasteiger charge is 2.27. The minimum atomic E-state index is 0.759. The van der Waals surface area contributed by atoms with Crippen LogP contribution in [0.15, 0.2) is 36.4 Å². The molecule has 0 amide bonds. The summed E-state index contributed by atoms with van der Waals surface area (Å²) in [6, 6.07) is 14.2. The molecule has 0 atom stereocenters. The predicted octanol–water partition coefficient (Wildman–Crippen LogP) is 6.17. The summed E-state index contributed by atoms with van der Waals surface area (Å²) >= 11 is 0. The second kappa shape index (κ2) is 9.48. The summed E-state index contributed by atoms with van der Waals surface area (Å²) in [4.78, 5) is 2.78. The van der Waals surface area contributed by atoms with Crippen molar-refractivity contribution in [2.75, 3.05) is 13.7 Å². The lowest BCUT2D eigenvalue weighted by atomic mass is 9.88. The fourth-order valence-corrected chi connectivity index (χ4v) is 5.04. The van der Waals surface area contributed by atoms with Gasteiger partial charge in [0, 0.05) is 17.6 Å². The third kappa shape index (κ3) is 4.70. The van der Waals surface area contributed by atoms with Crippen LogP contribution in [0.25, 0.3) is 10.8 Å². The predicted molar refractivity (Wildman–Crippen MR) is 118 cm³/mol. The van der Waals surface area contributed by atoms with Crippen molar-refractivity contribution in [2.24, 2.45) is 0 Å². The molecule has 2 aliphatic carbocycles. The molecule has 4 rings (SSSR count). The second-order valence-corrected chi connectivity index (χ2v) is 8.49. The van der Waals surface area contributed by atoms with Gasteiger partial charge < -0.3 is 4.74 Å². The van der Waals surface area contributed by atoms with Gasteiger partial charge >= 0.3 is 0 Å². The molecule has 148 valence electrons. The summed E-state index contributed by atoms with van der Waals surface area (Å²) in [5, 5.41) is 2.43. The number of methoxy groups -OCH3 is 1. The van der Waals surface area contributed by atoms with Crippen molar-refractivity contribution < 1.29 is 4.74 Å². The third-order valence-electron chi connectivity index (χ3n) is 6.63. The molecule has 28 heavy (non-hydrogen) atoms. The van der Waals surface area contributed by atoms with E-state index in [-0.39, 0.29) is 0 Å². The van der Waals surface area contributed by atoms with Crippen molar-refractivity contribution in [3.8, 4) is 17.6 Å². The van der Waals surface area contributed by atoms with E-state index in [4.69, 9.17) is 4.74 Å². The van der Waals surface area contributed by atoms with Crippen molar-refractivity contribution in [1.82, 2.24) is 4.90 Å². The van der Waals surface area contributed by atoms with E-state index in [1.807, 2.05) is 6.07 Å². The van der Waals surface area contributed by atoms with Crippen molar-refractivity contribution in [3.05, 3.63) is 42.0 Å². The Hall–Kier alpha value is -1.98. The standard InChI is InChI=1S/C26H33NO/c1-28-26-17-16-22-19-21(14-15-23(22)20-26)9-8-18-27(24-10-4-2-5-11-24)25-12-6-3-7-13-25/h14-17,19-20,24-25H,2-7,10-13,18H2,1H3. The monoisotopic (exact) mass is 375 g/mol. The van der Waals surface area contributed by atoms with Crippen LogP contribution in [0.2, 0.25) is 0 Å². The van der Waals surface area contributed by atoms with E-state index in [0.717, 1.165) is 29.9 Å². The van der Waals surface area contributed by atoms with E-state index in [1.54, 1.807) is 7.11 Å². The van der Waals surface area contributed by atoms with Crippen LogP contribution in [0.3, 0.4) is 0 Å². The zero-order valence-electron chi connectivity index (χ0n) is 17.3. The first-order chi connectivity index (χ1) is 13.8. The van der Waals surface area contributed by atoms with Gasteiger partial charge in [-0.15, -0.1) is 0 Å². The van der Waals surface area contributed by atoms with Crippen molar-refractivity contribution in [2.45, 2.75) is 76.3 Å². The van der Waals surface area contributed by atoms with E-state index in [9.17, 15) is 0 Å². The van der Waals surface area contributed by atoms with Crippen LogP contribution in [0.4, 0.5) is 0 Å². The molecule has 2 nitrogen and oxygen atoms in total. The minimum absolute atomic E-state index is 0.759. The molecule has 2 fully saturated rings. The highest BCUT2D eigenvalue weighted by molar-refractivity contribution is 5.85. The molecule has 0 radical (unpaired) electrons. The van der Waals surface area contributed by atoms with Gasteiger partial charge in [-0.3, -0.25) is 4.90 Å². The highest BCUT2D eigenvalue weighted by Crippen LogP contribution is 2.30. The molecule has 2 aromatic rings. The summed E-state index contributed by atoms with van der Waals surface area (Å²) in [7, 11) is 1.71. The third-order valence-corrected chi connectivity index (χ3v) is 6.63. The maximum Gasteiger partial charge on any atom is 0.119 e. The summed E-state index contributed by atoms with van der Waals surface area (Å²) in [5.74, 6) is 7.89. The van der Waals surface area contributed by atoms with Crippen LogP contribution in [0, 0.1) is 11.8 Å². The van der Waals surface area contributed by atoms with E-state index in [1.165, 1.54) is 75.0 Å². The van der Waals surface area contributed by atoms with Gasteiger partial charge in [0.25, 0.3) is 0 Å². The SMILES string of the molecule is COc1ccc2cc(C#CCN(C3CCCCC3)C3CCCCC3)ccc2c1. The number of rotatable bonds is 4. The fraction of sp³-hybridized carbons (Fsp3) is 0.538. The molecule has 0 unspecified atom stereocenters. The van der Waals surface area contributed by atoms with Crippen LogP contribution in [0.5, 0.6) is 5.75 Å². The van der Waals surface area contributed by atoms with Gasteiger partial charge in [0.15, 0.2) is 0 Å². The summed E-state index contributed by atoms with van der Waals surface area (Å²) in [6.45, 7) is 0.927. The molecule has 0 spiro atoms. The molecule has 2 heteroatoms. The summed E-state index contributed by atoms with van der Waals surface area (Å²) in [6.07, 6.45) is 13.9. The Kier molecular flexibility index (Phi) is 6.55. The molecular formula is C26H33NO. The summed E-state index contributed by atoms with van der Waals surface area (Å²) in [5.41, 5.74) is 1.12. The molecule has 2 aromatic carbocycles. The molecule has 2 saturated carbocycles. The number of hydrogen-bond donors (Lipinski definition) is 0. The number of hydrogen-bond acceptors (Lipinski definition) is 2. The second-order valence-electron chi connectivity index (χ2n) is 8.49. The van der Waals surface area contributed by atoms with Crippen LogP contribution >= 0.6 is 0 Å². The lowest BCUT2D eigenvalue weighted by Crippen LogP contribution is -2.45. The smallest absolute Gasteiger partial charge is 0.119 e. The minimum Gasteiger partial charge on any atom is -0.497 e. The largest absolute Gasteiger partial charge is 0.497 e. The molecule has 0 aliphatic heterocycles. The first-order valence-corrected chi connectivity index (χ1v) is 11.2. The van der Waals surface area contributed by atoms with Crippen LogP contribution in [0.1, 0.15) is 69.8 Å². The number of nitrogens with zero attached hydrogens (tertiary/aromatic N) is 1. The Morgan fingerprint density at radius 2 is 1.43 bits per heavy atom. The van der Waals surface area contributed by atoms with Gasteiger partial charge in [-0.05, 0) is 60.7 Å². The van der Waals surface area contributed by atoms with Crippen molar-refractivity contribution in [3.63, 3.8) is 0 Å². The number of benzene rings is 2. The topological polar surface area (TPSA) is 12.5 Å². The first-order valence-electron chi connectivity index (χ1n) is 11.2. The maximum atomic E-state index is 5.33. The van der Waals surface area contributed by atoms with Gasteiger partial charge in [0.05, 0.1) is 13.7 Å². The average molecular weight is 376 g/mol. The molecule has 0 bridgehead atoms. The summed E-state index contributed by atoms with van der Waals surface area (Å²) < 4.78 is 5.33. The van der Waals surface area contributed by atoms with Crippen molar-refractivity contribution in [1.29, 1.82) is 0 Å². The van der Waals surface area contributed by atoms with Gasteiger partial charge in [-0.25, -0.2) is 0 Å². The highest BCUT2D eigenvalue weighted by atomic mass is 16.5. The van der Waals surface area contributed by atoms with Crippen LogP contribution in [-0.4, -0.2) is 30.6 Å². The fourth-order valence-electron chi connectivity index (χ4n) is 5.04. The maximum absolute atomic E-state index is 5.33. The van der Waals surface area contributed by atoms with Gasteiger partial charge in [0.1, 0.15) is 5.75 Å². The Morgan fingerprint density at radius 3 is 2.07 bits per heavy atom. The Bertz CT molecular complexity index is 816. The average Bonchev–Trinajstić information content (AvgIpc) is 2.77. The Labute approximate surface area is 170 Å². The van der Waals surface area contributed by atoms with Crippen molar-refractivity contribution >= 4 is 10.8 Å². The molecule has 0 saturated heterocycles. The Morgan fingerprint density at radius 1 is 0.821 bits per heavy atom. The van der Waals surface area contributed by atoms with Gasteiger partial charge in [-0.2, -0.15) is 0 Å².